The number of hydrogen-bond acceptors (Lipinski definition) is 2. The van der Waals surface area contributed by atoms with Crippen molar-refractivity contribution in [1.29, 1.82) is 0 Å². The largest absolute Gasteiger partial charge is 0.396 e. The molecule has 1 fully saturated rings. The van der Waals surface area contributed by atoms with E-state index in [4.69, 9.17) is 5.73 Å². The molecule has 19 heavy (non-hydrogen) atoms. The Kier molecular flexibility index (Phi) is 2.97. The molecule has 0 bridgehead atoms. The first-order valence-electron chi connectivity index (χ1n) is 6.45. The Morgan fingerprint density at radius 1 is 1.21 bits per heavy atom. The zero-order valence-electron chi connectivity index (χ0n) is 10.4. The summed E-state index contributed by atoms with van der Waals surface area (Å²) < 4.78 is 28.0. The zero-order valence-corrected chi connectivity index (χ0v) is 10.4. The molecule has 1 aliphatic rings. The van der Waals surface area contributed by atoms with Crippen molar-refractivity contribution in [2.24, 2.45) is 0 Å². The number of nitrogen functional groups attached to an aromatic ring is 1. The van der Waals surface area contributed by atoms with Crippen molar-refractivity contribution in [3.8, 4) is 5.69 Å². The first-order valence-corrected chi connectivity index (χ1v) is 6.45. The molecule has 0 spiro atoms. The highest BCUT2D eigenvalue weighted by atomic mass is 19.1. The summed E-state index contributed by atoms with van der Waals surface area (Å²) >= 11 is 0. The van der Waals surface area contributed by atoms with Crippen LogP contribution >= 0.6 is 0 Å². The Balaban J connectivity index is 1.99. The van der Waals surface area contributed by atoms with E-state index in [1.165, 1.54) is 29.7 Å². The van der Waals surface area contributed by atoms with Gasteiger partial charge in [0.2, 0.25) is 0 Å². The fourth-order valence-electron chi connectivity index (χ4n) is 2.71. The molecule has 1 heterocycles. The molecule has 0 atom stereocenters. The van der Waals surface area contributed by atoms with Crippen LogP contribution in [-0.4, -0.2) is 9.78 Å². The van der Waals surface area contributed by atoms with Gasteiger partial charge in [0.05, 0.1) is 17.6 Å². The Labute approximate surface area is 110 Å². The average Bonchev–Trinajstić information content (AvgIpc) is 2.98. The van der Waals surface area contributed by atoms with Crippen molar-refractivity contribution in [3.05, 3.63) is 41.7 Å². The van der Waals surface area contributed by atoms with Crippen molar-refractivity contribution in [2.45, 2.75) is 31.6 Å². The molecule has 1 saturated carbocycles. The van der Waals surface area contributed by atoms with Gasteiger partial charge in [-0.25, -0.2) is 13.5 Å². The molecular formula is C14H15F2N3. The highest BCUT2D eigenvalue weighted by Gasteiger charge is 2.23. The summed E-state index contributed by atoms with van der Waals surface area (Å²) in [4.78, 5) is 0. The monoisotopic (exact) mass is 263 g/mol. The van der Waals surface area contributed by atoms with Crippen LogP contribution in [0, 0.1) is 11.6 Å². The lowest BCUT2D eigenvalue weighted by atomic mass is 10.0. The lowest BCUT2D eigenvalue weighted by Gasteiger charge is -2.06. The maximum absolute atomic E-state index is 13.7. The number of nitrogens with two attached hydrogens (primary N) is 1. The van der Waals surface area contributed by atoms with Crippen molar-refractivity contribution >= 4 is 5.69 Å². The topological polar surface area (TPSA) is 43.8 Å². The molecule has 3 rings (SSSR count). The summed E-state index contributed by atoms with van der Waals surface area (Å²) in [6.45, 7) is 0. The van der Waals surface area contributed by atoms with E-state index in [0.717, 1.165) is 24.6 Å². The molecule has 0 saturated heterocycles. The summed E-state index contributed by atoms with van der Waals surface area (Å²) in [6, 6.07) is 3.43. The number of anilines is 1. The van der Waals surface area contributed by atoms with Crippen LogP contribution in [0.15, 0.2) is 24.4 Å². The van der Waals surface area contributed by atoms with Gasteiger partial charge < -0.3 is 5.73 Å². The third-order valence-electron chi connectivity index (χ3n) is 3.67. The van der Waals surface area contributed by atoms with Gasteiger partial charge in [0.25, 0.3) is 0 Å². The van der Waals surface area contributed by atoms with Gasteiger partial charge >= 0.3 is 0 Å². The van der Waals surface area contributed by atoms with E-state index in [-0.39, 0.29) is 5.69 Å². The first kappa shape index (κ1) is 12.1. The van der Waals surface area contributed by atoms with E-state index < -0.39 is 11.6 Å². The van der Waals surface area contributed by atoms with E-state index in [2.05, 4.69) is 5.10 Å². The van der Waals surface area contributed by atoms with Crippen LogP contribution in [0.3, 0.4) is 0 Å². The molecule has 1 aliphatic carbocycles. The fourth-order valence-corrected chi connectivity index (χ4v) is 2.71. The van der Waals surface area contributed by atoms with Gasteiger partial charge in [0, 0.05) is 12.0 Å². The smallest absolute Gasteiger partial charge is 0.151 e. The van der Waals surface area contributed by atoms with E-state index in [1.807, 2.05) is 0 Å². The van der Waals surface area contributed by atoms with E-state index in [9.17, 15) is 8.78 Å². The number of nitrogens with zero attached hydrogens (tertiary/aromatic N) is 2. The molecule has 1 aromatic heterocycles. The second kappa shape index (κ2) is 4.64. The van der Waals surface area contributed by atoms with E-state index in [1.54, 1.807) is 6.20 Å². The van der Waals surface area contributed by atoms with Crippen LogP contribution in [-0.2, 0) is 0 Å². The van der Waals surface area contributed by atoms with Crippen molar-refractivity contribution in [1.82, 2.24) is 9.78 Å². The van der Waals surface area contributed by atoms with Gasteiger partial charge in [0.15, 0.2) is 5.82 Å². The molecule has 2 N–H and O–H groups in total. The predicted octanol–water partition coefficient (Wildman–Crippen LogP) is 3.39. The zero-order chi connectivity index (χ0) is 13.4. The number of rotatable bonds is 2. The minimum absolute atomic E-state index is 0.220. The summed E-state index contributed by atoms with van der Waals surface area (Å²) in [5, 5.41) is 4.38. The quantitative estimate of drug-likeness (QED) is 0.902. The number of benzene rings is 1. The van der Waals surface area contributed by atoms with Crippen molar-refractivity contribution < 1.29 is 8.78 Å². The van der Waals surface area contributed by atoms with Crippen LogP contribution in [0.25, 0.3) is 5.69 Å². The van der Waals surface area contributed by atoms with Gasteiger partial charge in [-0.3, -0.25) is 0 Å². The molecule has 5 heteroatoms. The Morgan fingerprint density at radius 3 is 2.63 bits per heavy atom. The van der Waals surface area contributed by atoms with Crippen LogP contribution < -0.4 is 5.73 Å². The van der Waals surface area contributed by atoms with Crippen molar-refractivity contribution in [3.63, 3.8) is 0 Å². The summed E-state index contributed by atoms with van der Waals surface area (Å²) in [5.74, 6) is -0.873. The van der Waals surface area contributed by atoms with Crippen LogP contribution in [0.5, 0.6) is 0 Å². The molecule has 0 unspecified atom stereocenters. The highest BCUT2D eigenvalue weighted by molar-refractivity contribution is 5.46. The average molecular weight is 263 g/mol. The normalized spacial score (nSPS) is 16.1. The molecular weight excluding hydrogens is 248 g/mol. The lowest BCUT2D eigenvalue weighted by Crippen LogP contribution is -2.01. The molecule has 100 valence electrons. The lowest BCUT2D eigenvalue weighted by molar-refractivity contribution is 0.571. The predicted molar refractivity (Wildman–Crippen MR) is 69.1 cm³/mol. The fraction of sp³-hybridized carbons (Fsp3) is 0.357. The number of halogens is 2. The Morgan fingerprint density at radius 2 is 1.95 bits per heavy atom. The minimum Gasteiger partial charge on any atom is -0.396 e. The molecule has 3 nitrogen and oxygen atoms in total. The molecule has 2 aromatic rings. The molecule has 1 aromatic carbocycles. The summed E-state index contributed by atoms with van der Waals surface area (Å²) in [6.07, 6.45) is 6.12. The van der Waals surface area contributed by atoms with Gasteiger partial charge in [-0.05, 0) is 25.0 Å². The summed E-state index contributed by atoms with van der Waals surface area (Å²) in [5.41, 5.74) is 7.59. The second-order valence-corrected chi connectivity index (χ2v) is 4.99. The second-order valence-electron chi connectivity index (χ2n) is 4.99. The van der Waals surface area contributed by atoms with Gasteiger partial charge in [-0.15, -0.1) is 0 Å². The van der Waals surface area contributed by atoms with Crippen LogP contribution in [0.2, 0.25) is 0 Å². The maximum Gasteiger partial charge on any atom is 0.151 e. The maximum atomic E-state index is 13.7. The standard InChI is InChI=1S/C14H15F2N3/c15-10-5-6-13(11(16)7-10)19-8-12(17)14(18-19)9-3-1-2-4-9/h5-9H,1-4,17H2. The third kappa shape index (κ3) is 2.20. The highest BCUT2D eigenvalue weighted by Crippen LogP contribution is 2.36. The Hall–Kier alpha value is -1.91. The van der Waals surface area contributed by atoms with E-state index in [0.29, 0.717) is 11.6 Å². The third-order valence-corrected chi connectivity index (χ3v) is 3.67. The number of hydrogen-bond donors (Lipinski definition) is 1. The first-order chi connectivity index (χ1) is 9.15. The Bertz CT molecular complexity index is 601. The van der Waals surface area contributed by atoms with Gasteiger partial charge in [-0.2, -0.15) is 5.10 Å². The van der Waals surface area contributed by atoms with Gasteiger partial charge in [-0.1, -0.05) is 12.8 Å². The van der Waals surface area contributed by atoms with Crippen LogP contribution in [0.1, 0.15) is 37.3 Å². The molecule has 0 amide bonds. The minimum atomic E-state index is -0.638. The number of aromatic nitrogens is 2. The molecule has 0 aliphatic heterocycles. The van der Waals surface area contributed by atoms with E-state index >= 15 is 0 Å². The van der Waals surface area contributed by atoms with Crippen molar-refractivity contribution in [2.75, 3.05) is 5.73 Å². The van der Waals surface area contributed by atoms with Crippen LogP contribution in [0.4, 0.5) is 14.5 Å². The van der Waals surface area contributed by atoms with Gasteiger partial charge in [0.1, 0.15) is 11.5 Å². The summed E-state index contributed by atoms with van der Waals surface area (Å²) in [7, 11) is 0. The molecule has 0 radical (unpaired) electrons. The SMILES string of the molecule is Nc1cn(-c2ccc(F)cc2F)nc1C1CCCC1.